The number of nitrogens with one attached hydrogen (secondary N) is 1. The van der Waals surface area contributed by atoms with Crippen molar-refractivity contribution in [1.29, 1.82) is 0 Å². The molecule has 0 aliphatic carbocycles. The Bertz CT molecular complexity index is 847. The maximum absolute atomic E-state index is 12.6. The SMILES string of the molecule is CCN(CC)S(=O)(=O)c1cc(C(=O)Nc2nnc(C)s2)ccc1Cl. The van der Waals surface area contributed by atoms with E-state index in [1.807, 2.05) is 0 Å². The Balaban J connectivity index is 2.36. The zero-order valence-electron chi connectivity index (χ0n) is 13.4. The summed E-state index contributed by atoms with van der Waals surface area (Å²) in [5.41, 5.74) is 0.179. The van der Waals surface area contributed by atoms with E-state index in [9.17, 15) is 13.2 Å². The van der Waals surface area contributed by atoms with E-state index in [0.29, 0.717) is 23.2 Å². The first-order valence-corrected chi connectivity index (χ1v) is 9.84. The predicted octanol–water partition coefficient (Wildman–Crippen LogP) is 2.78. The van der Waals surface area contributed by atoms with Crippen LogP contribution < -0.4 is 5.32 Å². The van der Waals surface area contributed by atoms with Gasteiger partial charge in [-0.1, -0.05) is 36.8 Å². The van der Waals surface area contributed by atoms with Gasteiger partial charge in [-0.15, -0.1) is 10.2 Å². The minimum atomic E-state index is -3.76. The van der Waals surface area contributed by atoms with Gasteiger partial charge in [0.15, 0.2) is 0 Å². The van der Waals surface area contributed by atoms with Gasteiger partial charge < -0.3 is 0 Å². The number of hydrogen-bond acceptors (Lipinski definition) is 6. The Labute approximate surface area is 149 Å². The van der Waals surface area contributed by atoms with E-state index in [4.69, 9.17) is 11.6 Å². The first-order valence-electron chi connectivity index (χ1n) is 7.20. The van der Waals surface area contributed by atoms with Crippen LogP contribution in [0.5, 0.6) is 0 Å². The lowest BCUT2D eigenvalue weighted by Gasteiger charge is -2.19. The summed E-state index contributed by atoms with van der Waals surface area (Å²) in [5, 5.41) is 11.3. The van der Waals surface area contributed by atoms with Gasteiger partial charge in [0.1, 0.15) is 9.90 Å². The molecule has 0 saturated carbocycles. The standard InChI is InChI=1S/C14H17ClN4O3S2/c1-4-19(5-2)24(21,22)12-8-10(6-7-11(12)15)13(20)16-14-18-17-9(3)23-14/h6-8H,4-5H2,1-3H3,(H,16,18,20). The smallest absolute Gasteiger partial charge is 0.257 e. The van der Waals surface area contributed by atoms with Gasteiger partial charge in [-0.2, -0.15) is 4.31 Å². The minimum absolute atomic E-state index is 0.0743. The third-order valence-electron chi connectivity index (χ3n) is 3.26. The molecule has 0 bridgehead atoms. The van der Waals surface area contributed by atoms with Crippen LogP contribution in [0, 0.1) is 6.92 Å². The summed E-state index contributed by atoms with van der Waals surface area (Å²) in [6, 6.07) is 4.14. The number of anilines is 1. The molecule has 1 aromatic carbocycles. The molecule has 0 atom stereocenters. The number of carbonyl (C=O) groups is 1. The molecule has 1 amide bonds. The molecule has 1 N–H and O–H groups in total. The number of nitrogens with zero attached hydrogens (tertiary/aromatic N) is 3. The highest BCUT2D eigenvalue weighted by Crippen LogP contribution is 2.26. The first-order chi connectivity index (χ1) is 11.3. The fraction of sp³-hybridized carbons (Fsp3) is 0.357. The van der Waals surface area contributed by atoms with Crippen LogP contribution in [0.4, 0.5) is 5.13 Å². The number of hydrogen-bond donors (Lipinski definition) is 1. The van der Waals surface area contributed by atoms with Crippen LogP contribution in [0.15, 0.2) is 23.1 Å². The summed E-state index contributed by atoms with van der Waals surface area (Å²) >= 11 is 7.28. The van der Waals surface area contributed by atoms with Gasteiger partial charge in [-0.25, -0.2) is 8.42 Å². The van der Waals surface area contributed by atoms with Crippen LogP contribution in [0.1, 0.15) is 29.2 Å². The van der Waals surface area contributed by atoms with E-state index >= 15 is 0 Å². The van der Waals surface area contributed by atoms with Gasteiger partial charge in [0.05, 0.1) is 5.02 Å². The highest BCUT2D eigenvalue weighted by molar-refractivity contribution is 7.89. The molecule has 0 aliphatic heterocycles. The molecule has 2 aromatic rings. The molecule has 0 spiro atoms. The van der Waals surface area contributed by atoms with E-state index in [2.05, 4.69) is 15.5 Å². The Morgan fingerprint density at radius 1 is 1.29 bits per heavy atom. The van der Waals surface area contributed by atoms with Gasteiger partial charge >= 0.3 is 0 Å². The monoisotopic (exact) mass is 388 g/mol. The molecule has 1 aromatic heterocycles. The predicted molar refractivity (Wildman–Crippen MR) is 94.2 cm³/mol. The van der Waals surface area contributed by atoms with E-state index in [1.165, 1.54) is 33.8 Å². The first kappa shape index (κ1) is 18.8. The molecular weight excluding hydrogens is 372 g/mol. The Morgan fingerprint density at radius 3 is 2.50 bits per heavy atom. The molecule has 0 unspecified atom stereocenters. The second-order valence-corrected chi connectivity index (χ2v) is 8.31. The van der Waals surface area contributed by atoms with Crippen molar-refractivity contribution in [2.75, 3.05) is 18.4 Å². The van der Waals surface area contributed by atoms with Crippen molar-refractivity contribution in [2.24, 2.45) is 0 Å². The fourth-order valence-corrected chi connectivity index (χ4v) is 4.61. The second-order valence-electron chi connectivity index (χ2n) is 4.81. The summed E-state index contributed by atoms with van der Waals surface area (Å²) in [7, 11) is -3.76. The van der Waals surface area contributed by atoms with Crippen molar-refractivity contribution in [1.82, 2.24) is 14.5 Å². The molecule has 0 aliphatic rings. The molecule has 2 rings (SSSR count). The van der Waals surface area contributed by atoms with Crippen LogP contribution in [0.3, 0.4) is 0 Å². The molecule has 7 nitrogen and oxygen atoms in total. The molecule has 1 heterocycles. The third-order valence-corrected chi connectivity index (χ3v) is 6.55. The van der Waals surface area contributed by atoms with Crippen molar-refractivity contribution >= 4 is 44.0 Å². The number of aromatic nitrogens is 2. The number of aryl methyl sites for hydroxylation is 1. The van der Waals surface area contributed by atoms with Crippen molar-refractivity contribution in [3.63, 3.8) is 0 Å². The summed E-state index contributed by atoms with van der Waals surface area (Å²) < 4.78 is 26.6. The van der Waals surface area contributed by atoms with Crippen LogP contribution in [0.25, 0.3) is 0 Å². The molecule has 0 saturated heterocycles. The normalized spacial score (nSPS) is 11.7. The van der Waals surface area contributed by atoms with E-state index < -0.39 is 15.9 Å². The van der Waals surface area contributed by atoms with E-state index in [0.717, 1.165) is 0 Å². The number of rotatable bonds is 6. The zero-order chi connectivity index (χ0) is 17.9. The molecular formula is C14H17ClN4O3S2. The lowest BCUT2D eigenvalue weighted by Crippen LogP contribution is -2.31. The Kier molecular flexibility index (Phi) is 5.92. The van der Waals surface area contributed by atoms with Crippen LogP contribution >= 0.6 is 22.9 Å². The number of halogens is 1. The molecule has 0 fully saturated rings. The maximum atomic E-state index is 12.6. The van der Waals surface area contributed by atoms with Crippen LogP contribution in [-0.4, -0.2) is 41.9 Å². The minimum Gasteiger partial charge on any atom is -0.296 e. The summed E-state index contributed by atoms with van der Waals surface area (Å²) in [4.78, 5) is 12.2. The van der Waals surface area contributed by atoms with Crippen molar-refractivity contribution in [3.8, 4) is 0 Å². The maximum Gasteiger partial charge on any atom is 0.257 e. The van der Waals surface area contributed by atoms with Gasteiger partial charge in [0, 0.05) is 18.7 Å². The number of carbonyl (C=O) groups excluding carboxylic acids is 1. The van der Waals surface area contributed by atoms with Gasteiger partial charge in [-0.05, 0) is 25.1 Å². The third kappa shape index (κ3) is 3.92. The van der Waals surface area contributed by atoms with Crippen molar-refractivity contribution in [3.05, 3.63) is 33.8 Å². The van der Waals surface area contributed by atoms with Crippen molar-refractivity contribution in [2.45, 2.75) is 25.7 Å². The van der Waals surface area contributed by atoms with E-state index in [1.54, 1.807) is 20.8 Å². The topological polar surface area (TPSA) is 92.3 Å². The van der Waals surface area contributed by atoms with E-state index in [-0.39, 0.29) is 15.5 Å². The molecule has 10 heteroatoms. The highest BCUT2D eigenvalue weighted by Gasteiger charge is 2.25. The summed E-state index contributed by atoms with van der Waals surface area (Å²) in [6.07, 6.45) is 0. The molecule has 130 valence electrons. The average molecular weight is 389 g/mol. The number of benzene rings is 1. The van der Waals surface area contributed by atoms with Gasteiger partial charge in [0.25, 0.3) is 5.91 Å². The van der Waals surface area contributed by atoms with Gasteiger partial charge in [0.2, 0.25) is 15.2 Å². The second kappa shape index (κ2) is 7.56. The quantitative estimate of drug-likeness (QED) is 0.821. The van der Waals surface area contributed by atoms with Crippen molar-refractivity contribution < 1.29 is 13.2 Å². The average Bonchev–Trinajstić information content (AvgIpc) is 2.93. The lowest BCUT2D eigenvalue weighted by molar-refractivity contribution is 0.102. The van der Waals surface area contributed by atoms with Gasteiger partial charge in [-0.3, -0.25) is 10.1 Å². The molecule has 24 heavy (non-hydrogen) atoms. The Hall–Kier alpha value is -1.55. The van der Waals surface area contributed by atoms with Crippen LogP contribution in [-0.2, 0) is 10.0 Å². The summed E-state index contributed by atoms with van der Waals surface area (Å²) in [6.45, 7) is 5.88. The number of amides is 1. The highest BCUT2D eigenvalue weighted by atomic mass is 35.5. The molecule has 0 radical (unpaired) electrons. The number of sulfonamides is 1. The zero-order valence-corrected chi connectivity index (χ0v) is 15.8. The summed E-state index contributed by atoms with van der Waals surface area (Å²) in [5.74, 6) is -0.473. The largest absolute Gasteiger partial charge is 0.296 e. The fourth-order valence-electron chi connectivity index (χ4n) is 2.06. The lowest BCUT2D eigenvalue weighted by atomic mass is 10.2. The Morgan fingerprint density at radius 2 is 1.96 bits per heavy atom. The van der Waals surface area contributed by atoms with Crippen LogP contribution in [0.2, 0.25) is 5.02 Å².